The summed E-state index contributed by atoms with van der Waals surface area (Å²) in [7, 11) is 7.42. The van der Waals surface area contributed by atoms with Gasteiger partial charge in [-0.15, -0.1) is 0 Å². The van der Waals surface area contributed by atoms with Gasteiger partial charge in [-0.05, 0) is 11.5 Å². The van der Waals surface area contributed by atoms with Gasteiger partial charge in [0.15, 0.2) is 5.96 Å². The van der Waals surface area contributed by atoms with E-state index < -0.39 is 0 Å². The van der Waals surface area contributed by atoms with Gasteiger partial charge in [-0.2, -0.15) is 5.10 Å². The smallest absolute Gasteiger partial charge is 0.213 e. The number of ether oxygens (including phenoxy) is 2. The minimum atomic E-state index is 0.385. The van der Waals surface area contributed by atoms with E-state index in [1.165, 1.54) is 5.56 Å². The second kappa shape index (κ2) is 10.7. The summed E-state index contributed by atoms with van der Waals surface area (Å²) in [5.41, 5.74) is 3.39. The lowest BCUT2D eigenvalue weighted by atomic mass is 10.1. The maximum Gasteiger partial charge on any atom is 0.213 e. The first kappa shape index (κ1) is 21.7. The van der Waals surface area contributed by atoms with Gasteiger partial charge in [0.2, 0.25) is 5.88 Å². The molecule has 154 valence electrons. The van der Waals surface area contributed by atoms with Crippen molar-refractivity contribution < 1.29 is 9.47 Å². The second-order valence-electron chi connectivity index (χ2n) is 6.97. The molecule has 0 aliphatic rings. The summed E-state index contributed by atoms with van der Waals surface area (Å²) >= 11 is 0. The molecule has 0 aliphatic carbocycles. The van der Waals surface area contributed by atoms with Crippen molar-refractivity contribution >= 4 is 5.96 Å². The van der Waals surface area contributed by atoms with Crippen LogP contribution < -0.4 is 10.1 Å². The largest absolute Gasteiger partial charge is 0.475 e. The van der Waals surface area contributed by atoms with Crippen LogP contribution >= 0.6 is 0 Å². The van der Waals surface area contributed by atoms with Crippen LogP contribution in [0.5, 0.6) is 5.88 Å². The first-order chi connectivity index (χ1) is 13.4. The lowest BCUT2D eigenvalue weighted by Crippen LogP contribution is -2.38. The Morgan fingerprint density at radius 1 is 1.32 bits per heavy atom. The molecule has 0 saturated carbocycles. The van der Waals surface area contributed by atoms with E-state index in [0.717, 1.165) is 23.8 Å². The highest BCUT2D eigenvalue weighted by Crippen LogP contribution is 2.18. The maximum atomic E-state index is 5.49. The first-order valence-electron chi connectivity index (χ1n) is 9.45. The number of rotatable bonds is 9. The van der Waals surface area contributed by atoms with Crippen LogP contribution in [0.25, 0.3) is 0 Å². The highest BCUT2D eigenvalue weighted by atomic mass is 16.5. The molecule has 0 bridgehead atoms. The number of aromatic nitrogens is 3. The van der Waals surface area contributed by atoms with Gasteiger partial charge in [-0.1, -0.05) is 19.9 Å². The van der Waals surface area contributed by atoms with Gasteiger partial charge in [0, 0.05) is 65.4 Å². The van der Waals surface area contributed by atoms with E-state index >= 15 is 0 Å². The van der Waals surface area contributed by atoms with E-state index in [-0.39, 0.29) is 0 Å². The molecule has 8 nitrogen and oxygen atoms in total. The SMILES string of the molecule is CN=C(NCc1ccc(OCCOC)nc1)N(C)Cc1cn(C)nc1C(C)C. The minimum absolute atomic E-state index is 0.385. The number of hydrogen-bond acceptors (Lipinski definition) is 5. The van der Waals surface area contributed by atoms with Crippen molar-refractivity contribution in [3.05, 3.63) is 41.3 Å². The molecular formula is C20H32N6O2. The van der Waals surface area contributed by atoms with Crippen molar-refractivity contribution in [3.8, 4) is 5.88 Å². The summed E-state index contributed by atoms with van der Waals surface area (Å²) in [6.07, 6.45) is 3.88. The second-order valence-corrected chi connectivity index (χ2v) is 6.97. The van der Waals surface area contributed by atoms with E-state index in [4.69, 9.17) is 9.47 Å². The molecule has 0 fully saturated rings. The van der Waals surface area contributed by atoms with Crippen LogP contribution in [0.3, 0.4) is 0 Å². The predicted molar refractivity (Wildman–Crippen MR) is 111 cm³/mol. The molecule has 0 saturated heterocycles. The van der Waals surface area contributed by atoms with Crippen molar-refractivity contribution in [2.24, 2.45) is 12.0 Å². The number of methoxy groups -OCH3 is 1. The van der Waals surface area contributed by atoms with Crippen LogP contribution in [0.15, 0.2) is 29.5 Å². The van der Waals surface area contributed by atoms with Crippen LogP contribution in [0, 0.1) is 0 Å². The zero-order valence-corrected chi connectivity index (χ0v) is 17.8. The molecule has 0 radical (unpaired) electrons. The Bertz CT molecular complexity index is 755. The lowest BCUT2D eigenvalue weighted by Gasteiger charge is -2.22. The zero-order chi connectivity index (χ0) is 20.5. The summed E-state index contributed by atoms with van der Waals surface area (Å²) in [6, 6.07) is 3.86. The molecule has 1 N–H and O–H groups in total. The van der Waals surface area contributed by atoms with Gasteiger partial charge in [0.25, 0.3) is 0 Å². The van der Waals surface area contributed by atoms with Crippen molar-refractivity contribution in [1.82, 2.24) is 25.0 Å². The zero-order valence-electron chi connectivity index (χ0n) is 17.8. The normalized spacial score (nSPS) is 11.8. The number of hydrogen-bond donors (Lipinski definition) is 1. The fourth-order valence-electron chi connectivity index (χ4n) is 2.89. The summed E-state index contributed by atoms with van der Waals surface area (Å²) in [5, 5.41) is 7.96. The van der Waals surface area contributed by atoms with Gasteiger partial charge in [-0.3, -0.25) is 9.67 Å². The van der Waals surface area contributed by atoms with Crippen molar-refractivity contribution in [2.75, 3.05) is 34.4 Å². The molecular weight excluding hydrogens is 356 g/mol. The molecule has 2 aromatic heterocycles. The molecule has 0 aliphatic heterocycles. The van der Waals surface area contributed by atoms with Crippen molar-refractivity contribution in [3.63, 3.8) is 0 Å². The van der Waals surface area contributed by atoms with E-state index in [0.29, 0.717) is 31.6 Å². The third kappa shape index (κ3) is 6.23. The number of nitrogens with one attached hydrogen (secondary N) is 1. The highest BCUT2D eigenvalue weighted by Gasteiger charge is 2.15. The van der Waals surface area contributed by atoms with Gasteiger partial charge in [0.1, 0.15) is 6.61 Å². The third-order valence-electron chi connectivity index (χ3n) is 4.25. The maximum absolute atomic E-state index is 5.49. The van der Waals surface area contributed by atoms with Gasteiger partial charge >= 0.3 is 0 Å². The Balaban J connectivity index is 1.91. The van der Waals surface area contributed by atoms with E-state index in [2.05, 4.69) is 45.3 Å². The topological polar surface area (TPSA) is 76.8 Å². The summed E-state index contributed by atoms with van der Waals surface area (Å²) in [6.45, 7) is 6.73. The first-order valence-corrected chi connectivity index (χ1v) is 9.45. The number of pyridine rings is 1. The fourth-order valence-corrected chi connectivity index (χ4v) is 2.89. The molecule has 28 heavy (non-hydrogen) atoms. The van der Waals surface area contributed by atoms with Crippen LogP contribution in [0.1, 0.15) is 36.6 Å². The van der Waals surface area contributed by atoms with Crippen LogP contribution in [0.2, 0.25) is 0 Å². The average Bonchev–Trinajstić information content (AvgIpc) is 3.04. The number of nitrogens with zero attached hydrogens (tertiary/aromatic N) is 5. The Morgan fingerprint density at radius 3 is 2.71 bits per heavy atom. The minimum Gasteiger partial charge on any atom is -0.475 e. The van der Waals surface area contributed by atoms with Crippen molar-refractivity contribution in [1.29, 1.82) is 0 Å². The van der Waals surface area contributed by atoms with Crippen LogP contribution in [-0.2, 0) is 24.9 Å². The van der Waals surface area contributed by atoms with E-state index in [1.807, 2.05) is 30.9 Å². The highest BCUT2D eigenvalue weighted by molar-refractivity contribution is 5.79. The number of aryl methyl sites for hydroxylation is 1. The van der Waals surface area contributed by atoms with Gasteiger partial charge in [-0.25, -0.2) is 4.98 Å². The van der Waals surface area contributed by atoms with Gasteiger partial charge in [0.05, 0.1) is 12.3 Å². The predicted octanol–water partition coefficient (Wildman–Crippen LogP) is 2.17. The molecule has 2 heterocycles. The molecule has 2 aromatic rings. The summed E-state index contributed by atoms with van der Waals surface area (Å²) in [5.74, 6) is 1.80. The van der Waals surface area contributed by atoms with E-state index in [1.54, 1.807) is 20.4 Å². The third-order valence-corrected chi connectivity index (χ3v) is 4.25. The average molecular weight is 389 g/mol. The fraction of sp³-hybridized carbons (Fsp3) is 0.550. The number of guanidine groups is 1. The standard InChI is InChI=1S/C20H32N6O2/c1-15(2)19-17(14-26(5)24-19)13-25(4)20(21-3)23-12-16-7-8-18(22-11-16)28-10-9-27-6/h7-8,11,14-15H,9-10,12-13H2,1-6H3,(H,21,23). The molecule has 2 rings (SSSR count). The van der Waals surface area contributed by atoms with Gasteiger partial charge < -0.3 is 19.7 Å². The summed E-state index contributed by atoms with van der Waals surface area (Å²) < 4.78 is 12.3. The Morgan fingerprint density at radius 2 is 2.11 bits per heavy atom. The quantitative estimate of drug-likeness (QED) is 0.403. The molecule has 0 aromatic carbocycles. The molecule has 0 atom stereocenters. The Kier molecular flexibility index (Phi) is 8.25. The Labute approximate surface area is 167 Å². The molecule has 0 amide bonds. The van der Waals surface area contributed by atoms with Crippen LogP contribution in [-0.4, -0.2) is 60.0 Å². The monoisotopic (exact) mass is 388 g/mol. The lowest BCUT2D eigenvalue weighted by molar-refractivity contribution is 0.143. The van der Waals surface area contributed by atoms with Crippen molar-refractivity contribution in [2.45, 2.75) is 32.9 Å². The molecule has 0 unspecified atom stereocenters. The Hall–Kier alpha value is -2.61. The van der Waals surface area contributed by atoms with E-state index in [9.17, 15) is 0 Å². The molecule has 0 spiro atoms. The molecule has 8 heteroatoms. The van der Waals surface area contributed by atoms with Crippen LogP contribution in [0.4, 0.5) is 0 Å². The summed E-state index contributed by atoms with van der Waals surface area (Å²) in [4.78, 5) is 10.8. The number of aliphatic imine (C=N–C) groups is 1.